The Labute approximate surface area is 120 Å². The van der Waals surface area contributed by atoms with Crippen molar-refractivity contribution in [1.82, 2.24) is 4.90 Å². The van der Waals surface area contributed by atoms with Gasteiger partial charge in [0.15, 0.2) is 0 Å². The van der Waals surface area contributed by atoms with Crippen LogP contribution in [0.5, 0.6) is 0 Å². The summed E-state index contributed by atoms with van der Waals surface area (Å²) in [6.45, 7) is 0.584. The Balaban J connectivity index is 2.04. The van der Waals surface area contributed by atoms with Crippen molar-refractivity contribution in [1.29, 1.82) is 0 Å². The van der Waals surface area contributed by atoms with Crippen molar-refractivity contribution < 1.29 is 19.1 Å². The zero-order chi connectivity index (χ0) is 14.7. The summed E-state index contributed by atoms with van der Waals surface area (Å²) < 4.78 is 13.5. The standard InChI is InChI=1S/C13H14ClFN2O3/c14-9-3-4-10(15)11(6-9)16-13(20)17-5-1-2-8(7-17)12(18)19/h3-4,6,8H,1-2,5,7H2,(H,16,20)(H,18,19)/t8-/m0/s1. The quantitative estimate of drug-likeness (QED) is 0.882. The van der Waals surface area contributed by atoms with E-state index in [9.17, 15) is 14.0 Å². The van der Waals surface area contributed by atoms with Crippen LogP contribution in [0.25, 0.3) is 0 Å². The molecule has 1 aromatic rings. The third-order valence-corrected chi connectivity index (χ3v) is 3.46. The van der Waals surface area contributed by atoms with E-state index in [1.807, 2.05) is 0 Å². The molecular weight excluding hydrogens is 287 g/mol. The highest BCUT2D eigenvalue weighted by Gasteiger charge is 2.28. The normalized spacial score (nSPS) is 18.7. The second-order valence-electron chi connectivity index (χ2n) is 4.68. The summed E-state index contributed by atoms with van der Waals surface area (Å²) in [6.07, 6.45) is 1.16. The fourth-order valence-electron chi connectivity index (χ4n) is 2.15. The Kier molecular flexibility index (Phi) is 4.44. The Morgan fingerprint density at radius 3 is 2.90 bits per heavy atom. The molecule has 108 valence electrons. The van der Waals surface area contributed by atoms with Gasteiger partial charge in [-0.2, -0.15) is 0 Å². The van der Waals surface area contributed by atoms with E-state index in [2.05, 4.69) is 5.32 Å². The molecule has 0 bridgehead atoms. The van der Waals surface area contributed by atoms with Crippen LogP contribution in [0.4, 0.5) is 14.9 Å². The van der Waals surface area contributed by atoms with E-state index in [0.29, 0.717) is 24.4 Å². The van der Waals surface area contributed by atoms with Crippen molar-refractivity contribution in [2.45, 2.75) is 12.8 Å². The fraction of sp³-hybridized carbons (Fsp3) is 0.385. The van der Waals surface area contributed by atoms with E-state index in [0.717, 1.165) is 6.07 Å². The number of anilines is 1. The molecule has 1 fully saturated rings. The number of carbonyl (C=O) groups excluding carboxylic acids is 1. The molecule has 0 radical (unpaired) electrons. The molecule has 1 aromatic carbocycles. The molecule has 1 aliphatic rings. The van der Waals surface area contributed by atoms with Crippen molar-refractivity contribution in [2.75, 3.05) is 18.4 Å². The molecule has 7 heteroatoms. The molecule has 1 aliphatic heterocycles. The molecule has 1 heterocycles. The van der Waals surface area contributed by atoms with Crippen LogP contribution >= 0.6 is 11.6 Å². The number of benzene rings is 1. The van der Waals surface area contributed by atoms with Crippen molar-refractivity contribution >= 4 is 29.3 Å². The van der Waals surface area contributed by atoms with Crippen molar-refractivity contribution in [3.05, 3.63) is 29.0 Å². The van der Waals surface area contributed by atoms with E-state index in [-0.39, 0.29) is 12.2 Å². The summed E-state index contributed by atoms with van der Waals surface area (Å²) in [5, 5.41) is 11.7. The van der Waals surface area contributed by atoms with Gasteiger partial charge in [-0.15, -0.1) is 0 Å². The third kappa shape index (κ3) is 3.39. The van der Waals surface area contributed by atoms with Gasteiger partial charge in [-0.1, -0.05) is 11.6 Å². The first-order valence-electron chi connectivity index (χ1n) is 6.21. The zero-order valence-corrected chi connectivity index (χ0v) is 11.4. The van der Waals surface area contributed by atoms with Crippen LogP contribution in [0.3, 0.4) is 0 Å². The first kappa shape index (κ1) is 14.6. The lowest BCUT2D eigenvalue weighted by Gasteiger charge is -2.30. The highest BCUT2D eigenvalue weighted by Crippen LogP contribution is 2.21. The van der Waals surface area contributed by atoms with Gasteiger partial charge in [0, 0.05) is 18.1 Å². The van der Waals surface area contributed by atoms with Crippen LogP contribution in [0.1, 0.15) is 12.8 Å². The summed E-state index contributed by atoms with van der Waals surface area (Å²) in [6, 6.07) is 3.34. The lowest BCUT2D eigenvalue weighted by atomic mass is 9.99. The van der Waals surface area contributed by atoms with Gasteiger partial charge in [-0.25, -0.2) is 9.18 Å². The van der Waals surface area contributed by atoms with Crippen molar-refractivity contribution in [3.63, 3.8) is 0 Å². The molecule has 20 heavy (non-hydrogen) atoms. The van der Waals surface area contributed by atoms with Crippen LogP contribution in [0.2, 0.25) is 5.02 Å². The zero-order valence-electron chi connectivity index (χ0n) is 10.6. The average molecular weight is 301 g/mol. The topological polar surface area (TPSA) is 69.6 Å². The number of likely N-dealkylation sites (tertiary alicyclic amines) is 1. The molecule has 5 nitrogen and oxygen atoms in total. The minimum atomic E-state index is -0.920. The molecule has 2 rings (SSSR count). The predicted octanol–water partition coefficient (Wildman–Crippen LogP) is 2.81. The second-order valence-corrected chi connectivity index (χ2v) is 5.11. The number of urea groups is 1. The lowest BCUT2D eigenvalue weighted by molar-refractivity contribution is -0.143. The van der Waals surface area contributed by atoms with Gasteiger partial charge in [-0.3, -0.25) is 4.79 Å². The number of carboxylic acids is 1. The number of halogens is 2. The molecule has 0 aliphatic carbocycles. The fourth-order valence-corrected chi connectivity index (χ4v) is 2.32. The number of nitrogens with one attached hydrogen (secondary N) is 1. The second kappa shape index (κ2) is 6.09. The summed E-state index contributed by atoms with van der Waals surface area (Å²) in [5.41, 5.74) is -0.0139. The van der Waals surface area contributed by atoms with E-state index in [4.69, 9.17) is 16.7 Å². The number of hydrogen-bond acceptors (Lipinski definition) is 2. The van der Waals surface area contributed by atoms with Crippen LogP contribution in [0, 0.1) is 11.7 Å². The molecule has 1 saturated heterocycles. The maximum Gasteiger partial charge on any atom is 0.321 e. The van der Waals surface area contributed by atoms with Crippen LogP contribution in [-0.4, -0.2) is 35.1 Å². The SMILES string of the molecule is O=C(O)[C@H]1CCCN(C(=O)Nc2cc(Cl)ccc2F)C1. The number of aliphatic carboxylic acids is 1. The van der Waals surface area contributed by atoms with Crippen molar-refractivity contribution in [3.8, 4) is 0 Å². The van der Waals surface area contributed by atoms with Gasteiger partial charge in [0.2, 0.25) is 0 Å². The Bertz CT molecular complexity index is 538. The Hall–Kier alpha value is -1.82. The number of carboxylic acid groups (broad SMARTS) is 1. The molecule has 0 saturated carbocycles. The van der Waals surface area contributed by atoms with Crippen LogP contribution in [-0.2, 0) is 4.79 Å². The predicted molar refractivity (Wildman–Crippen MR) is 72.4 cm³/mol. The van der Waals surface area contributed by atoms with Crippen LogP contribution in [0.15, 0.2) is 18.2 Å². The molecule has 1 atom stereocenters. The largest absolute Gasteiger partial charge is 0.481 e. The number of amides is 2. The molecule has 2 amide bonds. The maximum absolute atomic E-state index is 13.5. The Morgan fingerprint density at radius 1 is 1.45 bits per heavy atom. The lowest BCUT2D eigenvalue weighted by Crippen LogP contribution is -2.44. The van der Waals surface area contributed by atoms with E-state index < -0.39 is 23.7 Å². The summed E-state index contributed by atoms with van der Waals surface area (Å²) in [5.74, 6) is -2.08. The van der Waals surface area contributed by atoms with Gasteiger partial charge < -0.3 is 15.3 Å². The number of rotatable bonds is 2. The minimum Gasteiger partial charge on any atom is -0.481 e. The van der Waals surface area contributed by atoms with Gasteiger partial charge in [0.05, 0.1) is 11.6 Å². The summed E-state index contributed by atoms with van der Waals surface area (Å²) in [7, 11) is 0. The average Bonchev–Trinajstić information content (AvgIpc) is 2.43. The smallest absolute Gasteiger partial charge is 0.321 e. The Morgan fingerprint density at radius 2 is 2.20 bits per heavy atom. The molecule has 0 spiro atoms. The van der Waals surface area contributed by atoms with Crippen molar-refractivity contribution in [2.24, 2.45) is 5.92 Å². The molecule has 0 aromatic heterocycles. The third-order valence-electron chi connectivity index (χ3n) is 3.23. The van der Waals surface area contributed by atoms with E-state index in [1.54, 1.807) is 0 Å². The van der Waals surface area contributed by atoms with Gasteiger partial charge in [0.25, 0.3) is 0 Å². The monoisotopic (exact) mass is 300 g/mol. The summed E-state index contributed by atoms with van der Waals surface area (Å²) in [4.78, 5) is 24.3. The van der Waals surface area contributed by atoms with Crippen LogP contribution < -0.4 is 5.32 Å². The highest BCUT2D eigenvalue weighted by atomic mass is 35.5. The maximum atomic E-state index is 13.5. The summed E-state index contributed by atoms with van der Waals surface area (Å²) >= 11 is 5.74. The highest BCUT2D eigenvalue weighted by molar-refractivity contribution is 6.30. The number of hydrogen-bond donors (Lipinski definition) is 2. The van der Waals surface area contributed by atoms with Gasteiger partial charge >= 0.3 is 12.0 Å². The molecular formula is C13H14ClFN2O3. The number of nitrogens with zero attached hydrogens (tertiary/aromatic N) is 1. The van der Waals surface area contributed by atoms with Gasteiger partial charge in [0.1, 0.15) is 5.82 Å². The first-order valence-corrected chi connectivity index (χ1v) is 6.59. The first-order chi connectivity index (χ1) is 9.47. The number of piperidine rings is 1. The van der Waals surface area contributed by atoms with Gasteiger partial charge in [-0.05, 0) is 31.0 Å². The molecule has 2 N–H and O–H groups in total. The van der Waals surface area contributed by atoms with E-state index in [1.165, 1.54) is 17.0 Å². The minimum absolute atomic E-state index is 0.0139. The van der Waals surface area contributed by atoms with E-state index >= 15 is 0 Å². The number of carbonyl (C=O) groups is 2. The molecule has 0 unspecified atom stereocenters.